The summed E-state index contributed by atoms with van der Waals surface area (Å²) in [6.45, 7) is 1.53. The summed E-state index contributed by atoms with van der Waals surface area (Å²) >= 11 is 0. The topological polar surface area (TPSA) is 58.6 Å². The summed E-state index contributed by atoms with van der Waals surface area (Å²) in [4.78, 5) is 27.3. The first kappa shape index (κ1) is 19.7. The van der Waals surface area contributed by atoms with E-state index in [1.807, 2.05) is 59.5 Å². The molecule has 1 heterocycles. The van der Waals surface area contributed by atoms with Crippen LogP contribution in [0, 0.1) is 0 Å². The Balaban J connectivity index is 1.69. The van der Waals surface area contributed by atoms with Crippen LogP contribution in [0.3, 0.4) is 0 Å². The predicted octanol–water partition coefficient (Wildman–Crippen LogP) is 3.06. The second-order valence-corrected chi connectivity index (χ2v) is 6.89. The number of carbonyl (C=O) groups excluding carboxylic acids is 2. The molecule has 2 aromatic rings. The molecule has 0 saturated carbocycles. The quantitative estimate of drug-likeness (QED) is 0.754. The molecule has 0 bridgehead atoms. The van der Waals surface area contributed by atoms with E-state index >= 15 is 0 Å². The first-order valence-corrected chi connectivity index (χ1v) is 9.61. The highest BCUT2D eigenvalue weighted by molar-refractivity contribution is 5.95. The fraction of sp³-hybridized carbons (Fsp3) is 0.304. The molecule has 1 N–H and O–H groups in total. The first-order valence-electron chi connectivity index (χ1n) is 9.61. The van der Waals surface area contributed by atoms with Crippen molar-refractivity contribution < 1.29 is 14.3 Å². The summed E-state index contributed by atoms with van der Waals surface area (Å²) in [5, 5.41) is 2.89. The molecule has 1 fully saturated rings. The van der Waals surface area contributed by atoms with Crippen LogP contribution in [0.2, 0.25) is 0 Å². The Morgan fingerprint density at radius 1 is 1.11 bits per heavy atom. The van der Waals surface area contributed by atoms with Gasteiger partial charge in [-0.2, -0.15) is 0 Å². The molecule has 1 saturated heterocycles. The molecule has 0 spiro atoms. The maximum Gasteiger partial charge on any atom is 0.245 e. The van der Waals surface area contributed by atoms with E-state index < -0.39 is 6.04 Å². The lowest BCUT2D eigenvalue weighted by Gasteiger charge is -2.23. The van der Waals surface area contributed by atoms with Crippen LogP contribution in [0.4, 0.5) is 0 Å². The van der Waals surface area contributed by atoms with Crippen LogP contribution >= 0.6 is 0 Å². The zero-order valence-electron chi connectivity index (χ0n) is 16.1. The van der Waals surface area contributed by atoms with Crippen LogP contribution in [0.5, 0.6) is 5.75 Å². The first-order chi connectivity index (χ1) is 13.7. The molecule has 2 amide bonds. The van der Waals surface area contributed by atoms with Crippen LogP contribution < -0.4 is 10.1 Å². The normalized spacial score (nSPS) is 14.8. The summed E-state index contributed by atoms with van der Waals surface area (Å²) in [5.41, 5.74) is 1.89. The second kappa shape index (κ2) is 9.74. The lowest BCUT2D eigenvalue weighted by atomic mass is 10.0. The fourth-order valence-electron chi connectivity index (χ4n) is 3.34. The lowest BCUT2D eigenvalue weighted by molar-refractivity contribution is -0.134. The Bertz CT molecular complexity index is 827. The Hall–Kier alpha value is -3.08. The largest absolute Gasteiger partial charge is 0.497 e. The molecule has 2 aromatic carbocycles. The van der Waals surface area contributed by atoms with Gasteiger partial charge in [0.05, 0.1) is 7.11 Å². The minimum atomic E-state index is -0.567. The number of ether oxygens (including phenoxy) is 1. The van der Waals surface area contributed by atoms with Crippen LogP contribution in [-0.4, -0.2) is 43.0 Å². The molecule has 5 nitrogen and oxygen atoms in total. The molecular formula is C23H26N2O3. The third-order valence-corrected chi connectivity index (χ3v) is 4.84. The zero-order valence-corrected chi connectivity index (χ0v) is 16.1. The molecular weight excluding hydrogens is 352 g/mol. The number of benzene rings is 2. The molecule has 0 unspecified atom stereocenters. The van der Waals surface area contributed by atoms with E-state index in [2.05, 4.69) is 5.32 Å². The van der Waals surface area contributed by atoms with Crippen LogP contribution in [0.25, 0.3) is 6.08 Å². The molecule has 5 heteroatoms. The van der Waals surface area contributed by atoms with Crippen LogP contribution in [0.15, 0.2) is 60.7 Å². The van der Waals surface area contributed by atoms with E-state index in [1.165, 1.54) is 6.08 Å². The minimum Gasteiger partial charge on any atom is -0.497 e. The molecule has 28 heavy (non-hydrogen) atoms. The van der Waals surface area contributed by atoms with E-state index in [1.54, 1.807) is 13.2 Å². The highest BCUT2D eigenvalue weighted by atomic mass is 16.5. The summed E-state index contributed by atoms with van der Waals surface area (Å²) < 4.78 is 5.20. The summed E-state index contributed by atoms with van der Waals surface area (Å²) in [6, 6.07) is 16.7. The number of carbonyl (C=O) groups is 2. The number of nitrogens with one attached hydrogen (secondary N) is 1. The van der Waals surface area contributed by atoms with Gasteiger partial charge in [0.2, 0.25) is 11.8 Å². The van der Waals surface area contributed by atoms with Crippen LogP contribution in [0.1, 0.15) is 24.0 Å². The van der Waals surface area contributed by atoms with Crippen molar-refractivity contribution >= 4 is 17.9 Å². The average molecular weight is 378 g/mol. The van der Waals surface area contributed by atoms with Crippen molar-refractivity contribution in [1.29, 1.82) is 0 Å². The number of likely N-dealkylation sites (tertiary alicyclic amines) is 1. The van der Waals surface area contributed by atoms with Gasteiger partial charge in [0.1, 0.15) is 11.8 Å². The smallest absolute Gasteiger partial charge is 0.245 e. The molecule has 0 aromatic heterocycles. The molecule has 0 aliphatic carbocycles. The van der Waals surface area contributed by atoms with E-state index in [4.69, 9.17) is 4.74 Å². The summed E-state index contributed by atoms with van der Waals surface area (Å²) in [7, 11) is 1.60. The van der Waals surface area contributed by atoms with Crippen molar-refractivity contribution in [3.63, 3.8) is 0 Å². The molecule has 1 aliphatic heterocycles. The highest BCUT2D eigenvalue weighted by Crippen LogP contribution is 2.14. The lowest BCUT2D eigenvalue weighted by Crippen LogP contribution is -2.48. The number of hydrogen-bond acceptors (Lipinski definition) is 3. The maximum absolute atomic E-state index is 12.9. The number of rotatable bonds is 7. The van der Waals surface area contributed by atoms with Crippen molar-refractivity contribution in [2.75, 3.05) is 20.2 Å². The van der Waals surface area contributed by atoms with E-state index in [9.17, 15) is 9.59 Å². The van der Waals surface area contributed by atoms with Crippen molar-refractivity contribution in [3.05, 3.63) is 71.8 Å². The number of amides is 2. The van der Waals surface area contributed by atoms with Gasteiger partial charge in [-0.05, 0) is 42.2 Å². The highest BCUT2D eigenvalue weighted by Gasteiger charge is 2.27. The third kappa shape index (κ3) is 5.46. The van der Waals surface area contributed by atoms with Crippen molar-refractivity contribution in [3.8, 4) is 5.75 Å². The summed E-state index contributed by atoms with van der Waals surface area (Å²) in [5.74, 6) is 0.439. The Morgan fingerprint density at radius 2 is 1.86 bits per heavy atom. The standard InChI is InChI=1S/C23H26N2O3/c1-28-20-11-7-10-19(16-20)12-13-22(26)24-21(17-18-8-3-2-4-9-18)23(27)25-14-5-6-15-25/h2-4,7-13,16,21H,5-6,14-15,17H2,1H3,(H,24,26)/b13-12+/t21-/m1/s1. The zero-order chi connectivity index (χ0) is 19.8. The van der Waals surface area contributed by atoms with Gasteiger partial charge in [-0.3, -0.25) is 9.59 Å². The predicted molar refractivity (Wildman–Crippen MR) is 110 cm³/mol. The van der Waals surface area contributed by atoms with E-state index in [0.29, 0.717) is 6.42 Å². The van der Waals surface area contributed by atoms with E-state index in [-0.39, 0.29) is 11.8 Å². The number of hydrogen-bond donors (Lipinski definition) is 1. The SMILES string of the molecule is COc1cccc(/C=C/C(=O)N[C@H](Cc2ccccc2)C(=O)N2CCCC2)c1. The van der Waals surface area contributed by atoms with Gasteiger partial charge in [-0.15, -0.1) is 0 Å². The molecule has 3 rings (SSSR count). The molecule has 1 atom stereocenters. The van der Waals surface area contributed by atoms with Gasteiger partial charge < -0.3 is 15.0 Å². The van der Waals surface area contributed by atoms with Crippen molar-refractivity contribution in [2.24, 2.45) is 0 Å². The minimum absolute atomic E-state index is 0.00974. The second-order valence-electron chi connectivity index (χ2n) is 6.89. The molecule has 0 radical (unpaired) electrons. The van der Waals surface area contributed by atoms with E-state index in [0.717, 1.165) is 42.8 Å². The van der Waals surface area contributed by atoms with Gasteiger partial charge >= 0.3 is 0 Å². The average Bonchev–Trinajstić information content (AvgIpc) is 3.27. The number of methoxy groups -OCH3 is 1. The van der Waals surface area contributed by atoms with Gasteiger partial charge in [0, 0.05) is 25.6 Å². The van der Waals surface area contributed by atoms with Crippen molar-refractivity contribution in [1.82, 2.24) is 10.2 Å². The monoisotopic (exact) mass is 378 g/mol. The van der Waals surface area contributed by atoms with Gasteiger partial charge in [-0.25, -0.2) is 0 Å². The Kier molecular flexibility index (Phi) is 6.84. The van der Waals surface area contributed by atoms with Crippen molar-refractivity contribution in [2.45, 2.75) is 25.3 Å². The van der Waals surface area contributed by atoms with Gasteiger partial charge in [0.15, 0.2) is 0 Å². The number of nitrogens with zero attached hydrogens (tertiary/aromatic N) is 1. The fourth-order valence-corrected chi connectivity index (χ4v) is 3.34. The Morgan fingerprint density at radius 3 is 2.57 bits per heavy atom. The van der Waals surface area contributed by atoms with Gasteiger partial charge in [0.25, 0.3) is 0 Å². The van der Waals surface area contributed by atoms with Gasteiger partial charge in [-0.1, -0.05) is 42.5 Å². The maximum atomic E-state index is 12.9. The molecule has 146 valence electrons. The Labute approximate surface area is 166 Å². The third-order valence-electron chi connectivity index (χ3n) is 4.84. The summed E-state index contributed by atoms with van der Waals surface area (Å²) in [6.07, 6.45) is 5.71. The van der Waals surface area contributed by atoms with Crippen LogP contribution in [-0.2, 0) is 16.0 Å². The molecule has 1 aliphatic rings.